The maximum Gasteiger partial charge on any atom is 0.338 e. The van der Waals surface area contributed by atoms with E-state index in [9.17, 15) is 9.59 Å². The van der Waals surface area contributed by atoms with E-state index >= 15 is 0 Å². The highest BCUT2D eigenvalue weighted by atomic mass is 32.2. The molecule has 0 bridgehead atoms. The van der Waals surface area contributed by atoms with Crippen LogP contribution < -0.4 is 10.1 Å². The van der Waals surface area contributed by atoms with Crippen LogP contribution in [0.2, 0.25) is 0 Å². The van der Waals surface area contributed by atoms with Gasteiger partial charge in [-0.15, -0.1) is 10.2 Å². The number of nitrogens with zero attached hydrogens (tertiary/aromatic N) is 3. The number of nitrogens with one attached hydrogen (secondary N) is 1. The van der Waals surface area contributed by atoms with Crippen LogP contribution in [0.25, 0.3) is 0 Å². The first-order chi connectivity index (χ1) is 16.8. The summed E-state index contributed by atoms with van der Waals surface area (Å²) >= 11 is 1.31. The fourth-order valence-electron chi connectivity index (χ4n) is 3.47. The van der Waals surface area contributed by atoms with Crippen molar-refractivity contribution in [2.24, 2.45) is 0 Å². The molecule has 1 aromatic heterocycles. The molecule has 1 N–H and O–H groups in total. The number of thioether (sulfide) groups is 1. The average Bonchev–Trinajstić information content (AvgIpc) is 3.23. The van der Waals surface area contributed by atoms with Gasteiger partial charge in [0, 0.05) is 12.2 Å². The van der Waals surface area contributed by atoms with Crippen LogP contribution in [0, 0.1) is 6.92 Å². The first-order valence-corrected chi connectivity index (χ1v) is 12.7. The zero-order chi connectivity index (χ0) is 25.4. The second-order valence-corrected chi connectivity index (χ2v) is 9.20. The lowest BCUT2D eigenvalue weighted by molar-refractivity contribution is -0.113. The summed E-state index contributed by atoms with van der Waals surface area (Å²) in [6, 6.07) is 12.8. The minimum Gasteiger partial charge on any atom is -0.485 e. The van der Waals surface area contributed by atoms with E-state index in [1.54, 1.807) is 31.2 Å². The summed E-state index contributed by atoms with van der Waals surface area (Å²) in [5.74, 6) is 1.52. The van der Waals surface area contributed by atoms with Crippen LogP contribution in [0.3, 0.4) is 0 Å². The third kappa shape index (κ3) is 7.08. The van der Waals surface area contributed by atoms with Gasteiger partial charge in [0.05, 0.1) is 17.9 Å². The summed E-state index contributed by atoms with van der Waals surface area (Å²) in [6.45, 7) is 11.4. The third-order valence-corrected chi connectivity index (χ3v) is 6.24. The summed E-state index contributed by atoms with van der Waals surface area (Å²) in [4.78, 5) is 24.2. The van der Waals surface area contributed by atoms with Crippen LogP contribution in [-0.2, 0) is 22.7 Å². The van der Waals surface area contributed by atoms with E-state index in [0.717, 1.165) is 16.9 Å². The van der Waals surface area contributed by atoms with Crippen LogP contribution in [-0.4, -0.2) is 39.0 Å². The van der Waals surface area contributed by atoms with E-state index < -0.39 is 0 Å². The highest BCUT2D eigenvalue weighted by molar-refractivity contribution is 7.99. The lowest BCUT2D eigenvalue weighted by atomic mass is 10.0. The van der Waals surface area contributed by atoms with Crippen LogP contribution in [0.1, 0.15) is 60.9 Å². The Morgan fingerprint density at radius 3 is 2.49 bits per heavy atom. The van der Waals surface area contributed by atoms with E-state index in [1.165, 1.54) is 11.8 Å². The van der Waals surface area contributed by atoms with E-state index in [2.05, 4.69) is 41.5 Å². The van der Waals surface area contributed by atoms with Gasteiger partial charge in [-0.2, -0.15) is 0 Å². The number of hydrogen-bond acceptors (Lipinski definition) is 7. The second-order valence-electron chi connectivity index (χ2n) is 8.26. The molecule has 3 rings (SSSR count). The number of rotatable bonds is 11. The maximum absolute atomic E-state index is 12.5. The summed E-state index contributed by atoms with van der Waals surface area (Å²) < 4.78 is 13.0. The molecule has 0 aliphatic heterocycles. The highest BCUT2D eigenvalue weighted by Crippen LogP contribution is 2.28. The number of anilines is 1. The first kappa shape index (κ1) is 26.3. The molecule has 35 heavy (non-hydrogen) atoms. The molecule has 1 amide bonds. The predicted octanol–water partition coefficient (Wildman–Crippen LogP) is 5.22. The van der Waals surface area contributed by atoms with Crippen molar-refractivity contribution in [3.63, 3.8) is 0 Å². The number of ether oxygens (including phenoxy) is 2. The van der Waals surface area contributed by atoms with Gasteiger partial charge < -0.3 is 19.4 Å². The van der Waals surface area contributed by atoms with Crippen LogP contribution in [0.15, 0.2) is 47.6 Å². The van der Waals surface area contributed by atoms with Gasteiger partial charge in [-0.25, -0.2) is 4.79 Å². The third-order valence-electron chi connectivity index (χ3n) is 5.27. The number of benzene rings is 2. The highest BCUT2D eigenvalue weighted by Gasteiger charge is 2.16. The molecule has 0 radical (unpaired) electrons. The number of amides is 1. The average molecular weight is 497 g/mol. The van der Waals surface area contributed by atoms with Gasteiger partial charge in [0.25, 0.3) is 0 Å². The Balaban J connectivity index is 1.58. The Bertz CT molecular complexity index is 1160. The van der Waals surface area contributed by atoms with E-state index in [1.807, 2.05) is 24.5 Å². The number of carbonyl (C=O) groups excluding carboxylic acids is 2. The van der Waals surface area contributed by atoms with Crippen LogP contribution >= 0.6 is 11.8 Å². The van der Waals surface area contributed by atoms with Crippen molar-refractivity contribution < 1.29 is 19.1 Å². The van der Waals surface area contributed by atoms with Gasteiger partial charge in [0.15, 0.2) is 11.0 Å². The molecule has 2 aromatic carbocycles. The Hall–Kier alpha value is -3.33. The van der Waals surface area contributed by atoms with Gasteiger partial charge in [0.1, 0.15) is 12.4 Å². The quantitative estimate of drug-likeness (QED) is 0.287. The van der Waals surface area contributed by atoms with Crippen molar-refractivity contribution in [1.82, 2.24) is 14.8 Å². The molecular weight excluding hydrogens is 464 g/mol. The molecule has 0 fully saturated rings. The van der Waals surface area contributed by atoms with Crippen molar-refractivity contribution in [2.75, 3.05) is 17.7 Å². The molecule has 0 unspecified atom stereocenters. The first-order valence-electron chi connectivity index (χ1n) is 11.7. The van der Waals surface area contributed by atoms with Crippen LogP contribution in [0.4, 0.5) is 5.69 Å². The minimum absolute atomic E-state index is 0.175. The molecule has 0 saturated heterocycles. The van der Waals surface area contributed by atoms with Crippen LogP contribution in [0.5, 0.6) is 5.75 Å². The largest absolute Gasteiger partial charge is 0.485 e. The number of aryl methyl sites for hydroxylation is 1. The molecule has 186 valence electrons. The Kier molecular flexibility index (Phi) is 9.31. The van der Waals surface area contributed by atoms with Crippen molar-refractivity contribution >= 4 is 29.3 Å². The molecule has 0 spiro atoms. The number of esters is 1. The SMILES string of the molecule is CCOC(=O)c1ccc(NC(=O)CSc2nnc(COc3cc(C)ccc3C(C)C)n2CC)cc1. The van der Waals surface area contributed by atoms with Crippen molar-refractivity contribution in [3.05, 3.63) is 65.0 Å². The number of hydrogen-bond donors (Lipinski definition) is 1. The van der Waals surface area contributed by atoms with E-state index in [0.29, 0.717) is 47.9 Å². The number of aromatic nitrogens is 3. The zero-order valence-electron chi connectivity index (χ0n) is 20.8. The van der Waals surface area contributed by atoms with Gasteiger partial charge in [-0.1, -0.05) is 37.7 Å². The molecular formula is C26H32N4O4S. The van der Waals surface area contributed by atoms with Crippen molar-refractivity contribution in [1.29, 1.82) is 0 Å². The lowest BCUT2D eigenvalue weighted by Crippen LogP contribution is -2.15. The topological polar surface area (TPSA) is 95.3 Å². The van der Waals surface area contributed by atoms with Gasteiger partial charge >= 0.3 is 5.97 Å². The molecule has 3 aromatic rings. The summed E-state index contributed by atoms with van der Waals surface area (Å²) in [5, 5.41) is 12.0. The van der Waals surface area contributed by atoms with E-state index in [4.69, 9.17) is 9.47 Å². The van der Waals surface area contributed by atoms with Gasteiger partial charge in [-0.3, -0.25) is 4.79 Å². The number of carbonyl (C=O) groups is 2. The molecule has 0 aliphatic rings. The smallest absolute Gasteiger partial charge is 0.338 e. The predicted molar refractivity (Wildman–Crippen MR) is 137 cm³/mol. The Morgan fingerprint density at radius 1 is 1.09 bits per heavy atom. The lowest BCUT2D eigenvalue weighted by Gasteiger charge is -2.15. The second kappa shape index (κ2) is 12.4. The van der Waals surface area contributed by atoms with Gasteiger partial charge in [-0.05, 0) is 68.1 Å². The molecule has 0 aliphatic carbocycles. The Labute approximate surface area is 210 Å². The standard InChI is InChI=1S/C26H32N4O4S/c1-6-30-23(15-34-22-14-18(5)8-13-21(22)17(3)4)28-29-26(30)35-16-24(31)27-20-11-9-19(10-12-20)25(32)33-7-2/h8-14,17H,6-7,15-16H2,1-5H3,(H,27,31). The molecule has 0 saturated carbocycles. The fourth-order valence-corrected chi connectivity index (χ4v) is 4.29. The maximum atomic E-state index is 12.5. The zero-order valence-corrected chi connectivity index (χ0v) is 21.6. The van der Waals surface area contributed by atoms with Crippen molar-refractivity contribution in [3.8, 4) is 5.75 Å². The monoisotopic (exact) mass is 496 g/mol. The molecule has 0 atom stereocenters. The summed E-state index contributed by atoms with van der Waals surface area (Å²) in [7, 11) is 0. The molecule has 9 heteroatoms. The normalized spacial score (nSPS) is 10.9. The fraction of sp³-hybridized carbons (Fsp3) is 0.385. The Morgan fingerprint density at radius 2 is 1.83 bits per heavy atom. The van der Waals surface area contributed by atoms with Crippen molar-refractivity contribution in [2.45, 2.75) is 58.8 Å². The summed E-state index contributed by atoms with van der Waals surface area (Å²) in [5.41, 5.74) is 3.34. The molecule has 8 nitrogen and oxygen atoms in total. The van der Waals surface area contributed by atoms with E-state index in [-0.39, 0.29) is 17.6 Å². The summed E-state index contributed by atoms with van der Waals surface area (Å²) in [6.07, 6.45) is 0. The van der Waals surface area contributed by atoms with Gasteiger partial charge in [0.2, 0.25) is 5.91 Å². The minimum atomic E-state index is -0.387. The molecule has 1 heterocycles.